The average Bonchev–Trinajstić information content (AvgIpc) is 3.25. The van der Waals surface area contributed by atoms with Crippen molar-refractivity contribution < 1.29 is 14.4 Å². The molecule has 0 aromatic carbocycles. The zero-order valence-electron chi connectivity index (χ0n) is 14.9. The van der Waals surface area contributed by atoms with Crippen molar-refractivity contribution in [1.29, 1.82) is 5.26 Å². The van der Waals surface area contributed by atoms with Gasteiger partial charge in [0, 0.05) is 13.1 Å². The first-order valence-electron chi connectivity index (χ1n) is 9.27. The van der Waals surface area contributed by atoms with E-state index in [9.17, 15) is 19.6 Å². The molecule has 0 bridgehead atoms. The van der Waals surface area contributed by atoms with Gasteiger partial charge in [-0.05, 0) is 25.7 Å². The topological polar surface area (TPSA) is 84.7 Å². The van der Waals surface area contributed by atoms with E-state index in [0.717, 1.165) is 49.8 Å². The number of carbonyl (C=O) groups excluding carboxylic acids is 3. The Kier molecular flexibility index (Phi) is 4.98. The van der Waals surface area contributed by atoms with Crippen molar-refractivity contribution >= 4 is 17.8 Å². The number of nitrogens with zero attached hydrogens (tertiary/aromatic N) is 4. The quantitative estimate of drug-likeness (QED) is 0.728. The number of imide groups is 1. The minimum atomic E-state index is -0.799. The van der Waals surface area contributed by atoms with Crippen molar-refractivity contribution in [3.8, 4) is 6.07 Å². The summed E-state index contributed by atoms with van der Waals surface area (Å²) in [7, 11) is 1.62. The van der Waals surface area contributed by atoms with Gasteiger partial charge in [-0.3, -0.25) is 14.5 Å². The van der Waals surface area contributed by atoms with Crippen molar-refractivity contribution in [2.24, 2.45) is 0 Å². The molecule has 4 amide bonds. The Morgan fingerprint density at radius 2 is 1.84 bits per heavy atom. The maximum Gasteiger partial charge on any atom is 0.327 e. The third kappa shape index (κ3) is 3.22. The van der Waals surface area contributed by atoms with Crippen molar-refractivity contribution in [1.82, 2.24) is 14.7 Å². The molecule has 3 fully saturated rings. The lowest BCUT2D eigenvalue weighted by Gasteiger charge is -2.39. The van der Waals surface area contributed by atoms with E-state index in [1.54, 1.807) is 11.9 Å². The number of hydrogen-bond donors (Lipinski definition) is 0. The average molecular weight is 346 g/mol. The van der Waals surface area contributed by atoms with Gasteiger partial charge in [-0.1, -0.05) is 32.1 Å². The highest BCUT2D eigenvalue weighted by molar-refractivity contribution is 6.04. The van der Waals surface area contributed by atoms with Crippen LogP contribution in [0.5, 0.6) is 0 Å². The maximum absolute atomic E-state index is 12.7. The zero-order valence-corrected chi connectivity index (χ0v) is 14.9. The number of carbonyl (C=O) groups is 3. The predicted octanol–water partition coefficient (Wildman–Crippen LogP) is 1.88. The van der Waals surface area contributed by atoms with Crippen LogP contribution in [0, 0.1) is 11.3 Å². The first-order valence-corrected chi connectivity index (χ1v) is 9.27. The summed E-state index contributed by atoms with van der Waals surface area (Å²) in [4.78, 5) is 41.7. The minimum absolute atomic E-state index is 0.0733. The number of urea groups is 1. The van der Waals surface area contributed by atoms with Crippen LogP contribution in [0.15, 0.2) is 0 Å². The van der Waals surface area contributed by atoms with Crippen molar-refractivity contribution in [3.05, 3.63) is 0 Å². The van der Waals surface area contributed by atoms with Crippen LogP contribution in [0.4, 0.5) is 4.79 Å². The molecule has 2 saturated carbocycles. The number of hydrogen-bond acceptors (Lipinski definition) is 4. The second-order valence-corrected chi connectivity index (χ2v) is 7.49. The Hall–Kier alpha value is -2.10. The summed E-state index contributed by atoms with van der Waals surface area (Å²) in [6.45, 7) is -0.190. The van der Waals surface area contributed by atoms with Gasteiger partial charge in [0.25, 0.3) is 5.91 Å². The molecule has 1 saturated heterocycles. The van der Waals surface area contributed by atoms with E-state index in [0.29, 0.717) is 12.8 Å². The normalized spacial score (nSPS) is 23.8. The molecule has 0 atom stereocenters. The fraction of sp³-hybridized carbons (Fsp3) is 0.778. The highest BCUT2D eigenvalue weighted by atomic mass is 16.2. The number of likely N-dealkylation sites (N-methyl/N-ethyl adjacent to an activating group) is 1. The van der Waals surface area contributed by atoms with Gasteiger partial charge >= 0.3 is 6.03 Å². The number of rotatable bonds is 4. The Labute approximate surface area is 148 Å². The van der Waals surface area contributed by atoms with Gasteiger partial charge in [-0.2, -0.15) is 5.26 Å². The third-order valence-electron chi connectivity index (χ3n) is 6.05. The van der Waals surface area contributed by atoms with Crippen LogP contribution in [-0.4, -0.2) is 64.3 Å². The lowest BCUT2D eigenvalue weighted by Crippen LogP contribution is -2.53. The summed E-state index contributed by atoms with van der Waals surface area (Å²) in [6.07, 6.45) is 8.24. The Morgan fingerprint density at radius 3 is 2.44 bits per heavy atom. The van der Waals surface area contributed by atoms with Crippen LogP contribution in [0.3, 0.4) is 0 Å². The highest BCUT2D eigenvalue weighted by Gasteiger charge is 2.44. The fourth-order valence-electron chi connectivity index (χ4n) is 4.36. The van der Waals surface area contributed by atoms with Gasteiger partial charge < -0.3 is 9.80 Å². The summed E-state index contributed by atoms with van der Waals surface area (Å²) in [5, 5.41) is 9.61. The Morgan fingerprint density at radius 1 is 1.20 bits per heavy atom. The zero-order chi connectivity index (χ0) is 18.0. The van der Waals surface area contributed by atoms with Gasteiger partial charge in [-0.15, -0.1) is 0 Å². The smallest absolute Gasteiger partial charge is 0.325 e. The summed E-state index contributed by atoms with van der Waals surface area (Å²) in [6, 6.07) is 2.08. The molecule has 1 heterocycles. The fourth-order valence-corrected chi connectivity index (χ4v) is 4.36. The molecule has 0 aromatic heterocycles. The van der Waals surface area contributed by atoms with Crippen LogP contribution in [0.2, 0.25) is 0 Å². The van der Waals surface area contributed by atoms with E-state index >= 15 is 0 Å². The van der Waals surface area contributed by atoms with E-state index in [4.69, 9.17) is 0 Å². The molecule has 25 heavy (non-hydrogen) atoms. The molecule has 0 unspecified atom stereocenters. The lowest BCUT2D eigenvalue weighted by molar-refractivity contribution is -0.139. The molecule has 7 nitrogen and oxygen atoms in total. The Bertz CT molecular complexity index is 600. The molecule has 3 rings (SSSR count). The summed E-state index contributed by atoms with van der Waals surface area (Å²) in [5.41, 5.74) is -0.799. The van der Waals surface area contributed by atoms with Gasteiger partial charge in [0.2, 0.25) is 5.91 Å². The van der Waals surface area contributed by atoms with Gasteiger partial charge in [0.05, 0.1) is 6.07 Å². The molecule has 7 heteroatoms. The lowest BCUT2D eigenvalue weighted by atomic mass is 9.81. The first kappa shape index (κ1) is 17.7. The molecule has 2 aliphatic carbocycles. The molecule has 0 N–H and O–H groups in total. The van der Waals surface area contributed by atoms with Crippen LogP contribution >= 0.6 is 0 Å². The van der Waals surface area contributed by atoms with Crippen LogP contribution < -0.4 is 0 Å². The largest absolute Gasteiger partial charge is 0.327 e. The van der Waals surface area contributed by atoms with Gasteiger partial charge in [0.15, 0.2) is 0 Å². The SMILES string of the molecule is CN(C(=O)CN1C(=O)CN(C2CCCC2)C1=O)C1(C#N)CCCCC1. The molecule has 0 radical (unpaired) electrons. The van der Waals surface area contributed by atoms with E-state index < -0.39 is 5.54 Å². The van der Waals surface area contributed by atoms with E-state index in [2.05, 4.69) is 6.07 Å². The maximum atomic E-state index is 12.7. The summed E-state index contributed by atoms with van der Waals surface area (Å²) >= 11 is 0. The molecular formula is C18H26N4O3. The molecule has 136 valence electrons. The van der Waals surface area contributed by atoms with E-state index in [1.165, 1.54) is 4.90 Å². The van der Waals surface area contributed by atoms with Gasteiger partial charge in [0.1, 0.15) is 18.6 Å². The Balaban J connectivity index is 1.66. The third-order valence-corrected chi connectivity index (χ3v) is 6.05. The summed E-state index contributed by atoms with van der Waals surface area (Å²) in [5.74, 6) is -0.647. The van der Waals surface area contributed by atoms with E-state index in [1.807, 2.05) is 0 Å². The molecule has 0 aromatic rings. The number of nitriles is 1. The number of amides is 4. The molecular weight excluding hydrogens is 320 g/mol. The van der Waals surface area contributed by atoms with Crippen molar-refractivity contribution in [2.45, 2.75) is 69.4 Å². The van der Waals surface area contributed by atoms with Crippen LogP contribution in [-0.2, 0) is 9.59 Å². The molecule has 0 spiro atoms. The first-order chi connectivity index (χ1) is 12.0. The monoisotopic (exact) mass is 346 g/mol. The molecule has 3 aliphatic rings. The second-order valence-electron chi connectivity index (χ2n) is 7.49. The van der Waals surface area contributed by atoms with Crippen LogP contribution in [0.25, 0.3) is 0 Å². The minimum Gasteiger partial charge on any atom is -0.325 e. The molecule has 1 aliphatic heterocycles. The summed E-state index contributed by atoms with van der Waals surface area (Å²) < 4.78 is 0. The standard InChI is InChI=1S/C18H26N4O3/c1-20(18(13-19)9-5-2-6-10-18)15(23)11-22-16(24)12-21(17(22)25)14-7-3-4-8-14/h14H,2-12H2,1H3. The van der Waals surface area contributed by atoms with Crippen LogP contribution in [0.1, 0.15) is 57.8 Å². The highest BCUT2D eigenvalue weighted by Crippen LogP contribution is 2.33. The van der Waals surface area contributed by atoms with Gasteiger partial charge in [-0.25, -0.2) is 4.79 Å². The predicted molar refractivity (Wildman–Crippen MR) is 90.3 cm³/mol. The second kappa shape index (κ2) is 7.03. The van der Waals surface area contributed by atoms with E-state index in [-0.39, 0.29) is 37.0 Å². The van der Waals surface area contributed by atoms with Crippen molar-refractivity contribution in [3.63, 3.8) is 0 Å². The van der Waals surface area contributed by atoms with Crippen molar-refractivity contribution in [2.75, 3.05) is 20.1 Å².